The Morgan fingerprint density at radius 1 is 1.08 bits per heavy atom. The summed E-state index contributed by atoms with van der Waals surface area (Å²) in [7, 11) is 1.60. The van der Waals surface area contributed by atoms with Gasteiger partial charge in [0, 0.05) is 5.56 Å². The van der Waals surface area contributed by atoms with Crippen LogP contribution in [0.5, 0.6) is 11.5 Å². The molecule has 8 nitrogen and oxygen atoms in total. The van der Waals surface area contributed by atoms with Gasteiger partial charge >= 0.3 is 12.2 Å². The molecule has 0 aromatic heterocycles. The number of methoxy groups -OCH3 is 1. The number of rotatable bonds is 7. The lowest BCUT2D eigenvalue weighted by Crippen LogP contribution is -2.37. The molecule has 0 bridgehead atoms. The first-order chi connectivity index (χ1) is 17.9. The van der Waals surface area contributed by atoms with Crippen molar-refractivity contribution in [1.29, 1.82) is 0 Å². The molecule has 1 saturated carbocycles. The van der Waals surface area contributed by atoms with Crippen LogP contribution in [0.2, 0.25) is 0 Å². The average Bonchev–Trinajstić information content (AvgIpc) is 3.51. The summed E-state index contributed by atoms with van der Waals surface area (Å²) >= 11 is 0. The lowest BCUT2D eigenvalue weighted by molar-refractivity contribution is -0.0508. The highest BCUT2D eigenvalue weighted by atomic mass is 16.8. The van der Waals surface area contributed by atoms with Gasteiger partial charge in [-0.1, -0.05) is 48.5 Å². The molecule has 1 heterocycles. The summed E-state index contributed by atoms with van der Waals surface area (Å²) in [5, 5.41) is 5.89. The number of benzene rings is 3. The third-order valence-electron chi connectivity index (χ3n) is 7.15. The van der Waals surface area contributed by atoms with Crippen molar-refractivity contribution < 1.29 is 28.6 Å². The maximum Gasteiger partial charge on any atom is 0.444 e. The number of nitrogens with one attached hydrogen (secondary N) is 1. The van der Waals surface area contributed by atoms with Crippen molar-refractivity contribution >= 4 is 23.0 Å². The number of amides is 2. The van der Waals surface area contributed by atoms with E-state index < -0.39 is 17.8 Å². The lowest BCUT2D eigenvalue weighted by atomic mass is 9.96. The smallest absolute Gasteiger partial charge is 0.444 e. The largest absolute Gasteiger partial charge is 0.493 e. The van der Waals surface area contributed by atoms with Gasteiger partial charge in [-0.05, 0) is 68.0 Å². The SMILES string of the molecule is COc1ccc([C@@]2(C)CN(OC(=O)N[C@H](C)c3cccc4ccccc34)C(=O)O2)cc1OC1CCCC1. The van der Waals surface area contributed by atoms with Gasteiger partial charge < -0.3 is 24.4 Å². The first-order valence-corrected chi connectivity index (χ1v) is 12.7. The maximum atomic E-state index is 12.7. The molecule has 194 valence electrons. The Hall–Kier alpha value is -3.94. The van der Waals surface area contributed by atoms with Crippen LogP contribution >= 0.6 is 0 Å². The van der Waals surface area contributed by atoms with Gasteiger partial charge in [0.25, 0.3) is 0 Å². The molecule has 2 atom stereocenters. The van der Waals surface area contributed by atoms with Crippen LogP contribution in [0.15, 0.2) is 60.7 Å². The Kier molecular flexibility index (Phi) is 6.82. The van der Waals surface area contributed by atoms with E-state index in [4.69, 9.17) is 19.0 Å². The monoisotopic (exact) mass is 504 g/mol. The fourth-order valence-corrected chi connectivity index (χ4v) is 5.13. The van der Waals surface area contributed by atoms with Crippen molar-refractivity contribution in [3.8, 4) is 11.5 Å². The molecule has 2 fully saturated rings. The van der Waals surface area contributed by atoms with Crippen LogP contribution < -0.4 is 14.8 Å². The van der Waals surface area contributed by atoms with E-state index in [0.717, 1.165) is 52.6 Å². The zero-order valence-electron chi connectivity index (χ0n) is 21.4. The summed E-state index contributed by atoms with van der Waals surface area (Å²) in [4.78, 5) is 30.8. The van der Waals surface area contributed by atoms with Gasteiger partial charge in [-0.15, -0.1) is 5.06 Å². The molecule has 1 aliphatic carbocycles. The Morgan fingerprint density at radius 3 is 2.62 bits per heavy atom. The molecule has 8 heteroatoms. The zero-order chi connectivity index (χ0) is 26.0. The predicted molar refractivity (Wildman–Crippen MR) is 138 cm³/mol. The normalized spacial score (nSPS) is 20.5. The number of fused-ring (bicyclic) bond motifs is 1. The summed E-state index contributed by atoms with van der Waals surface area (Å²) in [6, 6.07) is 19.0. The number of carbonyl (C=O) groups is 2. The average molecular weight is 505 g/mol. The molecule has 1 N–H and O–H groups in total. The molecule has 0 unspecified atom stereocenters. The Labute approximate surface area is 216 Å². The minimum absolute atomic E-state index is 0.0388. The second-order valence-corrected chi connectivity index (χ2v) is 9.84. The fraction of sp³-hybridized carbons (Fsp3) is 0.379. The molecule has 3 aromatic carbocycles. The van der Waals surface area contributed by atoms with Crippen LogP contribution in [0.1, 0.15) is 56.7 Å². The number of nitrogens with zero attached hydrogens (tertiary/aromatic N) is 1. The second kappa shape index (κ2) is 10.2. The highest BCUT2D eigenvalue weighted by Crippen LogP contribution is 2.39. The van der Waals surface area contributed by atoms with Crippen LogP contribution in [0.3, 0.4) is 0 Å². The summed E-state index contributed by atoms with van der Waals surface area (Å²) in [5.74, 6) is 1.24. The molecule has 0 radical (unpaired) electrons. The van der Waals surface area contributed by atoms with E-state index >= 15 is 0 Å². The van der Waals surface area contributed by atoms with Gasteiger partial charge in [0.2, 0.25) is 0 Å². The van der Waals surface area contributed by atoms with E-state index in [1.807, 2.05) is 61.5 Å². The predicted octanol–water partition coefficient (Wildman–Crippen LogP) is 6.24. The molecule has 2 aliphatic rings. The number of hydroxylamine groups is 2. The molecule has 0 spiro atoms. The van der Waals surface area contributed by atoms with Crippen molar-refractivity contribution in [2.45, 2.75) is 57.3 Å². The molecule has 3 aromatic rings. The highest BCUT2D eigenvalue weighted by Gasteiger charge is 2.45. The van der Waals surface area contributed by atoms with Crippen LogP contribution in [0.25, 0.3) is 10.8 Å². The number of hydrogen-bond acceptors (Lipinski definition) is 6. The standard InChI is InChI=1S/C29H32N2O6/c1-19(23-14-8-10-20-9-4-7-13-24(20)23)30-27(32)37-31-18-29(2,36-28(31)33)21-15-16-25(34-3)26(17-21)35-22-11-5-6-12-22/h4,7-10,13-17,19,22H,5-6,11-12,18H2,1-3H3,(H,30,32)/t19-,29-/m1/s1. The maximum absolute atomic E-state index is 12.7. The number of cyclic esters (lactones) is 1. The van der Waals surface area contributed by atoms with E-state index in [2.05, 4.69) is 5.32 Å². The summed E-state index contributed by atoms with van der Waals surface area (Å²) in [6.07, 6.45) is 2.99. The Bertz CT molecular complexity index is 1300. The van der Waals surface area contributed by atoms with Crippen molar-refractivity contribution in [3.63, 3.8) is 0 Å². The number of hydrogen-bond donors (Lipinski definition) is 1. The van der Waals surface area contributed by atoms with E-state index in [0.29, 0.717) is 11.5 Å². The Balaban J connectivity index is 1.27. The van der Waals surface area contributed by atoms with E-state index in [9.17, 15) is 9.59 Å². The molecule has 1 saturated heterocycles. The first kappa shape index (κ1) is 24.7. The van der Waals surface area contributed by atoms with Crippen molar-refractivity contribution in [3.05, 3.63) is 71.8 Å². The van der Waals surface area contributed by atoms with Gasteiger partial charge in [0.1, 0.15) is 6.54 Å². The van der Waals surface area contributed by atoms with Crippen LogP contribution in [-0.4, -0.2) is 37.0 Å². The second-order valence-electron chi connectivity index (χ2n) is 9.84. The Morgan fingerprint density at radius 2 is 1.84 bits per heavy atom. The van der Waals surface area contributed by atoms with Crippen molar-refractivity contribution in [2.75, 3.05) is 13.7 Å². The number of carbonyl (C=O) groups excluding carboxylic acids is 2. The van der Waals surface area contributed by atoms with E-state index in [-0.39, 0.29) is 18.7 Å². The summed E-state index contributed by atoms with van der Waals surface area (Å²) < 4.78 is 17.4. The third kappa shape index (κ3) is 5.14. The van der Waals surface area contributed by atoms with Crippen molar-refractivity contribution in [2.24, 2.45) is 0 Å². The molecule has 1 aliphatic heterocycles. The molecular formula is C29H32N2O6. The highest BCUT2D eigenvalue weighted by molar-refractivity contribution is 5.86. The van der Waals surface area contributed by atoms with Gasteiger partial charge in [0.05, 0.1) is 19.3 Å². The quantitative estimate of drug-likeness (QED) is 0.410. The van der Waals surface area contributed by atoms with Gasteiger partial charge in [0.15, 0.2) is 17.1 Å². The zero-order valence-corrected chi connectivity index (χ0v) is 21.4. The van der Waals surface area contributed by atoms with E-state index in [1.54, 1.807) is 20.1 Å². The first-order valence-electron chi connectivity index (χ1n) is 12.7. The van der Waals surface area contributed by atoms with Crippen molar-refractivity contribution in [1.82, 2.24) is 10.4 Å². The van der Waals surface area contributed by atoms with E-state index in [1.165, 1.54) is 0 Å². The summed E-state index contributed by atoms with van der Waals surface area (Å²) in [6.45, 7) is 3.70. The number of ether oxygens (including phenoxy) is 3. The topological polar surface area (TPSA) is 86.3 Å². The fourth-order valence-electron chi connectivity index (χ4n) is 5.13. The van der Waals surface area contributed by atoms with Gasteiger partial charge in [-0.25, -0.2) is 9.59 Å². The third-order valence-corrected chi connectivity index (χ3v) is 7.15. The van der Waals surface area contributed by atoms with Crippen LogP contribution in [-0.2, 0) is 15.2 Å². The minimum Gasteiger partial charge on any atom is -0.493 e. The lowest BCUT2D eigenvalue weighted by Gasteiger charge is -2.24. The van der Waals surface area contributed by atoms with Gasteiger partial charge in [-0.3, -0.25) is 0 Å². The van der Waals surface area contributed by atoms with Crippen LogP contribution in [0, 0.1) is 0 Å². The summed E-state index contributed by atoms with van der Waals surface area (Å²) in [5.41, 5.74) is 0.653. The molecule has 2 amide bonds. The molecular weight excluding hydrogens is 472 g/mol. The van der Waals surface area contributed by atoms with Gasteiger partial charge in [-0.2, -0.15) is 0 Å². The van der Waals surface area contributed by atoms with Crippen LogP contribution in [0.4, 0.5) is 9.59 Å². The molecule has 37 heavy (non-hydrogen) atoms. The molecule has 5 rings (SSSR count). The minimum atomic E-state index is -1.03.